The first-order valence-corrected chi connectivity index (χ1v) is 2.72. The average molecular weight is 143 g/mol. The van der Waals surface area contributed by atoms with E-state index in [1.165, 1.54) is 6.08 Å². The molecule has 0 aromatic rings. The van der Waals surface area contributed by atoms with Crippen molar-refractivity contribution in [3.63, 3.8) is 0 Å². The van der Waals surface area contributed by atoms with E-state index < -0.39 is 17.8 Å². The van der Waals surface area contributed by atoms with Crippen LogP contribution in [0.15, 0.2) is 12.7 Å². The van der Waals surface area contributed by atoms with Crippen molar-refractivity contribution >= 4 is 11.9 Å². The molecule has 3 N–H and O–H groups in total. The molecule has 0 bridgehead atoms. The Hall–Kier alpha value is -1.32. The van der Waals surface area contributed by atoms with Crippen molar-refractivity contribution in [3.8, 4) is 0 Å². The number of nitrogens with two attached hydrogens (primary N) is 1. The van der Waals surface area contributed by atoms with Crippen molar-refractivity contribution in [2.24, 2.45) is 11.7 Å². The van der Waals surface area contributed by atoms with Gasteiger partial charge in [-0.15, -0.1) is 6.58 Å². The number of carboxylic acids is 1. The second-order valence-electron chi connectivity index (χ2n) is 1.82. The molecule has 0 fully saturated rings. The Morgan fingerprint density at radius 2 is 2.20 bits per heavy atom. The molecule has 1 amide bonds. The van der Waals surface area contributed by atoms with Gasteiger partial charge in [-0.3, -0.25) is 9.59 Å². The number of allylic oxidation sites excluding steroid dienone is 1. The number of rotatable bonds is 4. The second kappa shape index (κ2) is 3.66. The van der Waals surface area contributed by atoms with Crippen molar-refractivity contribution in [1.82, 2.24) is 0 Å². The zero-order valence-electron chi connectivity index (χ0n) is 5.41. The van der Waals surface area contributed by atoms with Crippen molar-refractivity contribution in [2.45, 2.75) is 6.42 Å². The van der Waals surface area contributed by atoms with Gasteiger partial charge in [0, 0.05) is 0 Å². The molecule has 0 aromatic heterocycles. The number of amides is 1. The highest BCUT2D eigenvalue weighted by Crippen LogP contribution is 2.01. The lowest BCUT2D eigenvalue weighted by atomic mass is 10.1. The molecule has 0 aromatic carbocycles. The minimum Gasteiger partial charge on any atom is -0.481 e. The van der Waals surface area contributed by atoms with E-state index >= 15 is 0 Å². The Morgan fingerprint density at radius 3 is 2.30 bits per heavy atom. The maximum atomic E-state index is 10.3. The monoisotopic (exact) mass is 143 g/mol. The first kappa shape index (κ1) is 8.68. The SMILES string of the molecule is C=CCC(C(N)=O)C(=O)O. The maximum absolute atomic E-state index is 10.3. The molecule has 1 atom stereocenters. The molecule has 1 unspecified atom stereocenters. The summed E-state index contributed by atoms with van der Waals surface area (Å²) >= 11 is 0. The lowest BCUT2D eigenvalue weighted by Gasteiger charge is -2.02. The van der Waals surface area contributed by atoms with Crippen LogP contribution in [0.5, 0.6) is 0 Å². The highest BCUT2D eigenvalue weighted by atomic mass is 16.4. The van der Waals surface area contributed by atoms with Gasteiger partial charge >= 0.3 is 5.97 Å². The van der Waals surface area contributed by atoms with E-state index in [9.17, 15) is 9.59 Å². The summed E-state index contributed by atoms with van der Waals surface area (Å²) in [6.45, 7) is 3.29. The van der Waals surface area contributed by atoms with Crippen LogP contribution < -0.4 is 5.73 Å². The third-order valence-corrected chi connectivity index (χ3v) is 1.04. The van der Waals surface area contributed by atoms with Gasteiger partial charge < -0.3 is 10.8 Å². The fourth-order valence-electron chi connectivity index (χ4n) is 0.505. The van der Waals surface area contributed by atoms with E-state index in [1.807, 2.05) is 0 Å². The van der Waals surface area contributed by atoms with Gasteiger partial charge in [-0.2, -0.15) is 0 Å². The van der Waals surface area contributed by atoms with Crippen LogP contribution in [-0.2, 0) is 9.59 Å². The molecular formula is C6H9NO3. The van der Waals surface area contributed by atoms with Gasteiger partial charge in [0.2, 0.25) is 5.91 Å². The van der Waals surface area contributed by atoms with E-state index in [-0.39, 0.29) is 6.42 Å². The van der Waals surface area contributed by atoms with Crippen LogP contribution in [0.4, 0.5) is 0 Å². The van der Waals surface area contributed by atoms with Crippen LogP contribution in [0.3, 0.4) is 0 Å². The Morgan fingerprint density at radius 1 is 1.70 bits per heavy atom. The minimum absolute atomic E-state index is 0.0880. The normalized spacial score (nSPS) is 12.0. The zero-order valence-corrected chi connectivity index (χ0v) is 5.41. The summed E-state index contributed by atoms with van der Waals surface area (Å²) in [4.78, 5) is 20.5. The highest BCUT2D eigenvalue weighted by molar-refractivity contribution is 5.96. The summed E-state index contributed by atoms with van der Waals surface area (Å²) in [7, 11) is 0. The largest absolute Gasteiger partial charge is 0.481 e. The molecular weight excluding hydrogens is 134 g/mol. The first-order chi connectivity index (χ1) is 4.59. The Balaban J connectivity index is 4.11. The van der Waals surface area contributed by atoms with Crippen molar-refractivity contribution in [3.05, 3.63) is 12.7 Å². The number of primary amides is 1. The van der Waals surface area contributed by atoms with E-state index in [2.05, 4.69) is 6.58 Å². The van der Waals surface area contributed by atoms with Gasteiger partial charge in [0.25, 0.3) is 0 Å². The number of aliphatic carboxylic acids is 1. The number of hydrogen-bond acceptors (Lipinski definition) is 2. The smallest absolute Gasteiger partial charge is 0.316 e. The van der Waals surface area contributed by atoms with E-state index in [4.69, 9.17) is 10.8 Å². The fourth-order valence-corrected chi connectivity index (χ4v) is 0.505. The van der Waals surface area contributed by atoms with Gasteiger partial charge in [0.1, 0.15) is 5.92 Å². The predicted molar refractivity (Wildman–Crippen MR) is 35.1 cm³/mol. The van der Waals surface area contributed by atoms with Crippen molar-refractivity contribution < 1.29 is 14.7 Å². The lowest BCUT2D eigenvalue weighted by Crippen LogP contribution is -2.29. The Bertz CT molecular complexity index is 150. The Kier molecular flexibility index (Phi) is 3.17. The van der Waals surface area contributed by atoms with E-state index in [0.717, 1.165) is 0 Å². The molecule has 56 valence electrons. The molecule has 10 heavy (non-hydrogen) atoms. The first-order valence-electron chi connectivity index (χ1n) is 2.72. The number of carboxylic acid groups (broad SMARTS) is 1. The molecule has 0 radical (unpaired) electrons. The molecule has 0 aliphatic heterocycles. The number of hydrogen-bond donors (Lipinski definition) is 2. The van der Waals surface area contributed by atoms with Crippen LogP contribution in [0, 0.1) is 5.92 Å². The maximum Gasteiger partial charge on any atom is 0.316 e. The summed E-state index contributed by atoms with van der Waals surface area (Å²) in [6, 6.07) is 0. The average Bonchev–Trinajstić information content (AvgIpc) is 1.81. The third kappa shape index (κ3) is 2.30. The summed E-state index contributed by atoms with van der Waals surface area (Å²) in [6.07, 6.45) is 1.44. The Labute approximate surface area is 58.3 Å². The summed E-state index contributed by atoms with van der Waals surface area (Å²) in [5, 5.41) is 8.33. The van der Waals surface area contributed by atoms with Crippen LogP contribution in [0.1, 0.15) is 6.42 Å². The molecule has 0 heterocycles. The number of carbonyl (C=O) groups is 2. The number of carbonyl (C=O) groups excluding carboxylic acids is 1. The zero-order chi connectivity index (χ0) is 8.15. The van der Waals surface area contributed by atoms with Gasteiger partial charge in [-0.05, 0) is 6.42 Å². The molecule has 0 spiro atoms. The van der Waals surface area contributed by atoms with E-state index in [0.29, 0.717) is 0 Å². The van der Waals surface area contributed by atoms with Gasteiger partial charge in [0.05, 0.1) is 0 Å². The van der Waals surface area contributed by atoms with Crippen molar-refractivity contribution in [1.29, 1.82) is 0 Å². The summed E-state index contributed by atoms with van der Waals surface area (Å²) < 4.78 is 0. The lowest BCUT2D eigenvalue weighted by molar-refractivity contribution is -0.145. The topological polar surface area (TPSA) is 80.4 Å². The van der Waals surface area contributed by atoms with Crippen LogP contribution >= 0.6 is 0 Å². The molecule has 4 heteroatoms. The molecule has 0 rings (SSSR count). The molecule has 0 saturated heterocycles. The van der Waals surface area contributed by atoms with Crippen LogP contribution in [0.25, 0.3) is 0 Å². The fraction of sp³-hybridized carbons (Fsp3) is 0.333. The van der Waals surface area contributed by atoms with Crippen LogP contribution in [-0.4, -0.2) is 17.0 Å². The quantitative estimate of drug-likeness (QED) is 0.420. The van der Waals surface area contributed by atoms with Crippen molar-refractivity contribution in [2.75, 3.05) is 0 Å². The molecule has 0 aliphatic carbocycles. The second-order valence-corrected chi connectivity index (χ2v) is 1.82. The molecule has 0 saturated carbocycles. The van der Waals surface area contributed by atoms with Gasteiger partial charge in [0.15, 0.2) is 0 Å². The summed E-state index contributed by atoms with van der Waals surface area (Å²) in [5.74, 6) is -3.16. The molecule has 0 aliphatic rings. The van der Waals surface area contributed by atoms with Gasteiger partial charge in [-0.25, -0.2) is 0 Å². The van der Waals surface area contributed by atoms with E-state index in [1.54, 1.807) is 0 Å². The standard InChI is InChI=1S/C6H9NO3/c1-2-3-4(5(7)8)6(9)10/h2,4H,1,3H2,(H2,7,8)(H,9,10). The summed E-state index contributed by atoms with van der Waals surface area (Å²) in [5.41, 5.74) is 4.76. The highest BCUT2D eigenvalue weighted by Gasteiger charge is 2.21. The third-order valence-electron chi connectivity index (χ3n) is 1.04. The van der Waals surface area contributed by atoms with Gasteiger partial charge in [-0.1, -0.05) is 6.08 Å². The van der Waals surface area contributed by atoms with Crippen LogP contribution in [0.2, 0.25) is 0 Å². The predicted octanol–water partition coefficient (Wildman–Crippen LogP) is -0.251. The minimum atomic E-state index is -1.20. The molecule has 4 nitrogen and oxygen atoms in total.